The molecule has 220 valence electrons. The Morgan fingerprint density at radius 3 is 2.41 bits per heavy atom. The van der Waals surface area contributed by atoms with Gasteiger partial charge >= 0.3 is 0 Å². The number of Topliss-reactive ketones (excluding diaryl/α,β-unsaturated/α-hetero) is 1. The maximum Gasteiger partial charge on any atom is 0.178 e. The SMILES string of the molecule is C[C@]12CCC(=O)C=C1CCC1C2=CC[C@@]2(C)C1CC[C@]2(O)C(=O)CN1CCN(c2cccc(N3CCCC3)n2)CC1. The second-order valence-corrected chi connectivity index (χ2v) is 14.1. The molecule has 1 aromatic heterocycles. The van der Waals surface area contributed by atoms with E-state index in [0.29, 0.717) is 31.2 Å². The molecule has 7 rings (SSSR count). The highest BCUT2D eigenvalue weighted by Crippen LogP contribution is 2.65. The fourth-order valence-corrected chi connectivity index (χ4v) is 9.51. The fourth-order valence-electron chi connectivity index (χ4n) is 9.51. The molecule has 2 saturated carbocycles. The zero-order valence-corrected chi connectivity index (χ0v) is 24.9. The third kappa shape index (κ3) is 4.32. The Balaban J connectivity index is 1.02. The Hall–Kier alpha value is -2.51. The summed E-state index contributed by atoms with van der Waals surface area (Å²) < 4.78 is 0. The van der Waals surface area contributed by atoms with E-state index in [1.807, 2.05) is 6.08 Å². The van der Waals surface area contributed by atoms with E-state index in [4.69, 9.17) is 4.98 Å². The Labute approximate surface area is 244 Å². The van der Waals surface area contributed by atoms with Crippen LogP contribution in [0.5, 0.6) is 0 Å². The summed E-state index contributed by atoms with van der Waals surface area (Å²) in [4.78, 5) is 38.0. The van der Waals surface area contributed by atoms with E-state index in [0.717, 1.165) is 83.0 Å². The molecule has 2 unspecified atom stereocenters. The predicted molar refractivity (Wildman–Crippen MR) is 161 cm³/mol. The lowest BCUT2D eigenvalue weighted by molar-refractivity contribution is -0.154. The summed E-state index contributed by atoms with van der Waals surface area (Å²) in [6, 6.07) is 6.33. The van der Waals surface area contributed by atoms with Crippen LogP contribution >= 0.6 is 0 Å². The number of fused-ring (bicyclic) bond motifs is 5. The van der Waals surface area contributed by atoms with Gasteiger partial charge in [0.25, 0.3) is 0 Å². The van der Waals surface area contributed by atoms with Gasteiger partial charge in [0.15, 0.2) is 11.6 Å². The van der Waals surface area contributed by atoms with Gasteiger partial charge < -0.3 is 14.9 Å². The average Bonchev–Trinajstić information content (AvgIpc) is 3.61. The number of anilines is 2. The first kappa shape index (κ1) is 27.3. The number of carbonyl (C=O) groups excluding carboxylic acids is 2. The van der Waals surface area contributed by atoms with Crippen LogP contribution in [0.2, 0.25) is 0 Å². The third-order valence-corrected chi connectivity index (χ3v) is 12.2. The highest BCUT2D eigenvalue weighted by molar-refractivity contribution is 5.92. The van der Waals surface area contributed by atoms with Crippen molar-refractivity contribution >= 4 is 23.2 Å². The highest BCUT2D eigenvalue weighted by atomic mass is 16.3. The van der Waals surface area contributed by atoms with Crippen LogP contribution in [-0.2, 0) is 9.59 Å². The van der Waals surface area contributed by atoms with Crippen LogP contribution in [-0.4, -0.2) is 78.0 Å². The molecule has 0 radical (unpaired) electrons. The molecule has 6 aliphatic rings. The first-order chi connectivity index (χ1) is 19.7. The van der Waals surface area contributed by atoms with Gasteiger partial charge in [-0.1, -0.05) is 37.1 Å². The zero-order valence-electron chi connectivity index (χ0n) is 24.9. The van der Waals surface area contributed by atoms with Crippen molar-refractivity contribution < 1.29 is 14.7 Å². The van der Waals surface area contributed by atoms with Crippen molar-refractivity contribution in [3.8, 4) is 0 Å². The van der Waals surface area contributed by atoms with Crippen molar-refractivity contribution in [2.75, 3.05) is 55.6 Å². The maximum absolute atomic E-state index is 13.9. The molecule has 4 aliphatic carbocycles. The molecule has 0 amide bonds. The van der Waals surface area contributed by atoms with E-state index in [-0.39, 0.29) is 17.0 Å². The van der Waals surface area contributed by atoms with Crippen LogP contribution in [0.25, 0.3) is 0 Å². The van der Waals surface area contributed by atoms with E-state index in [2.05, 4.69) is 52.8 Å². The number of aromatic nitrogens is 1. The van der Waals surface area contributed by atoms with E-state index in [9.17, 15) is 14.7 Å². The summed E-state index contributed by atoms with van der Waals surface area (Å²) >= 11 is 0. The number of ketones is 2. The van der Waals surface area contributed by atoms with Gasteiger partial charge in [-0.05, 0) is 81.4 Å². The molecule has 7 nitrogen and oxygen atoms in total. The Morgan fingerprint density at radius 2 is 1.68 bits per heavy atom. The number of piperazine rings is 1. The van der Waals surface area contributed by atoms with E-state index in [1.165, 1.54) is 24.0 Å². The molecule has 0 bridgehead atoms. The summed E-state index contributed by atoms with van der Waals surface area (Å²) in [6.07, 6.45) is 12.5. The molecule has 2 saturated heterocycles. The maximum atomic E-state index is 13.9. The van der Waals surface area contributed by atoms with Crippen LogP contribution in [0.4, 0.5) is 11.6 Å². The molecule has 7 heteroatoms. The van der Waals surface area contributed by atoms with Crippen molar-refractivity contribution in [1.29, 1.82) is 0 Å². The highest BCUT2D eigenvalue weighted by Gasteiger charge is 2.64. The minimum atomic E-state index is -1.28. The number of carbonyl (C=O) groups is 2. The Bertz CT molecular complexity index is 1290. The summed E-state index contributed by atoms with van der Waals surface area (Å²) in [7, 11) is 0. The van der Waals surface area contributed by atoms with Gasteiger partial charge in [0.05, 0.1) is 6.54 Å². The van der Waals surface area contributed by atoms with Gasteiger partial charge in [-0.2, -0.15) is 0 Å². The minimum Gasteiger partial charge on any atom is -0.381 e. The van der Waals surface area contributed by atoms with Gasteiger partial charge in [0.2, 0.25) is 0 Å². The molecular weight excluding hydrogens is 512 g/mol. The van der Waals surface area contributed by atoms with Gasteiger partial charge in [0, 0.05) is 56.5 Å². The number of hydrogen-bond donors (Lipinski definition) is 1. The number of hydrogen-bond acceptors (Lipinski definition) is 7. The van der Waals surface area contributed by atoms with Crippen molar-refractivity contribution in [1.82, 2.24) is 9.88 Å². The monoisotopic (exact) mass is 558 g/mol. The number of pyridine rings is 1. The van der Waals surface area contributed by atoms with E-state index in [1.54, 1.807) is 0 Å². The van der Waals surface area contributed by atoms with Crippen molar-refractivity contribution in [2.24, 2.45) is 22.7 Å². The average molecular weight is 559 g/mol. The lowest BCUT2D eigenvalue weighted by atomic mass is 9.50. The normalized spacial score (nSPS) is 37.3. The molecule has 4 fully saturated rings. The predicted octanol–water partition coefficient (Wildman–Crippen LogP) is 4.56. The topological polar surface area (TPSA) is 77.0 Å². The summed E-state index contributed by atoms with van der Waals surface area (Å²) in [5.41, 5.74) is 1.07. The summed E-state index contributed by atoms with van der Waals surface area (Å²) in [5, 5.41) is 12.1. The van der Waals surface area contributed by atoms with Crippen molar-refractivity contribution in [3.05, 3.63) is 41.5 Å². The Morgan fingerprint density at radius 1 is 0.976 bits per heavy atom. The van der Waals surface area contributed by atoms with Crippen molar-refractivity contribution in [2.45, 2.75) is 77.2 Å². The molecular formula is C34H46N4O3. The summed E-state index contributed by atoms with van der Waals surface area (Å²) in [6.45, 7) is 10.3. The molecule has 1 N–H and O–H groups in total. The zero-order chi connectivity index (χ0) is 28.4. The molecule has 41 heavy (non-hydrogen) atoms. The van der Waals surface area contributed by atoms with Gasteiger partial charge in [0.1, 0.15) is 17.2 Å². The van der Waals surface area contributed by atoms with Crippen molar-refractivity contribution in [3.63, 3.8) is 0 Å². The molecule has 5 atom stereocenters. The first-order valence-corrected chi connectivity index (χ1v) is 16.1. The van der Waals surface area contributed by atoms with Crippen LogP contribution in [0.1, 0.15) is 71.6 Å². The molecule has 3 heterocycles. The standard InChI is InChI=1S/C34H46N4O3/c1-32-13-10-25(39)22-24(32)8-9-26-27(32)11-14-33(2)28(26)12-15-34(33,41)29(40)23-36-18-20-38(21-19-36)31-7-5-6-30(35-31)37-16-3-4-17-37/h5-7,11,22,26,28,41H,3-4,8-10,12-21,23H2,1-2H3/t26?,28?,32-,33-,34-/m0/s1. The molecule has 1 aromatic rings. The number of rotatable bonds is 5. The minimum absolute atomic E-state index is 0.00725. The fraction of sp³-hybridized carbons (Fsp3) is 0.676. The van der Waals surface area contributed by atoms with Crippen LogP contribution in [0, 0.1) is 22.7 Å². The first-order valence-electron chi connectivity index (χ1n) is 16.1. The lowest BCUT2D eigenvalue weighted by Gasteiger charge is -2.54. The molecule has 0 spiro atoms. The number of nitrogens with zero attached hydrogens (tertiary/aromatic N) is 4. The quantitative estimate of drug-likeness (QED) is 0.531. The third-order valence-electron chi connectivity index (χ3n) is 12.2. The van der Waals surface area contributed by atoms with Gasteiger partial charge in [-0.15, -0.1) is 0 Å². The molecule has 0 aromatic carbocycles. The smallest absolute Gasteiger partial charge is 0.178 e. The number of allylic oxidation sites excluding steroid dienone is 4. The molecule has 2 aliphatic heterocycles. The van der Waals surface area contributed by atoms with Crippen LogP contribution < -0.4 is 9.80 Å². The van der Waals surface area contributed by atoms with Gasteiger partial charge in [-0.3, -0.25) is 14.5 Å². The second-order valence-electron chi connectivity index (χ2n) is 14.1. The van der Waals surface area contributed by atoms with Crippen LogP contribution in [0.3, 0.4) is 0 Å². The largest absolute Gasteiger partial charge is 0.381 e. The number of aliphatic hydroxyl groups is 1. The summed E-state index contributed by atoms with van der Waals surface area (Å²) in [5.74, 6) is 3.09. The van der Waals surface area contributed by atoms with E-state index >= 15 is 0 Å². The van der Waals surface area contributed by atoms with Crippen LogP contribution in [0.15, 0.2) is 41.5 Å². The van der Waals surface area contributed by atoms with Gasteiger partial charge in [-0.25, -0.2) is 4.98 Å². The lowest BCUT2D eigenvalue weighted by Crippen LogP contribution is -2.58. The second kappa shape index (κ2) is 10.0. The van der Waals surface area contributed by atoms with E-state index < -0.39 is 11.0 Å². The Kier molecular flexibility index (Phi) is 6.70.